The van der Waals surface area contributed by atoms with E-state index in [4.69, 9.17) is 22.6 Å². The maximum atomic E-state index is 12.0. The Balaban J connectivity index is 2.06. The van der Waals surface area contributed by atoms with Gasteiger partial charge in [-0.1, -0.05) is 11.6 Å². The number of hydrogen-bond acceptors (Lipinski definition) is 3. The van der Waals surface area contributed by atoms with Gasteiger partial charge in [0.2, 0.25) is 5.91 Å². The van der Waals surface area contributed by atoms with Crippen LogP contribution in [0.4, 0.5) is 5.69 Å². The zero-order valence-electron chi connectivity index (χ0n) is 9.82. The predicted octanol–water partition coefficient (Wildman–Crippen LogP) is 2.28. The molecule has 1 aliphatic rings. The third-order valence-electron chi connectivity index (χ3n) is 3.20. The van der Waals surface area contributed by atoms with Gasteiger partial charge in [0, 0.05) is 17.6 Å². The fraction of sp³-hybridized carbons (Fsp3) is 0.385. The molecule has 0 spiro atoms. The number of nitrogens with two attached hydrogens (primary N) is 1. The van der Waals surface area contributed by atoms with Crippen molar-refractivity contribution in [1.82, 2.24) is 0 Å². The third-order valence-corrected chi connectivity index (χ3v) is 3.53. The normalized spacial score (nSPS) is 22.5. The van der Waals surface area contributed by atoms with E-state index in [1.54, 1.807) is 18.2 Å². The standard InChI is InChI=1S/C13H14ClN3O/c14-12-4-3-11(6-9(12)7-15)17-13(18)8-1-2-10(16)5-8/h3-4,6,8,10H,1-2,5,16H2,(H,17,18). The molecule has 1 aromatic rings. The van der Waals surface area contributed by atoms with Crippen molar-refractivity contribution in [3.63, 3.8) is 0 Å². The fourth-order valence-corrected chi connectivity index (χ4v) is 2.35. The number of rotatable bonds is 2. The Morgan fingerprint density at radius 3 is 2.89 bits per heavy atom. The van der Waals surface area contributed by atoms with Gasteiger partial charge in [-0.2, -0.15) is 5.26 Å². The maximum absolute atomic E-state index is 12.0. The van der Waals surface area contributed by atoms with Gasteiger partial charge in [-0.3, -0.25) is 4.79 Å². The Morgan fingerprint density at radius 2 is 2.28 bits per heavy atom. The van der Waals surface area contributed by atoms with Gasteiger partial charge < -0.3 is 11.1 Å². The molecule has 1 aromatic carbocycles. The quantitative estimate of drug-likeness (QED) is 0.859. The van der Waals surface area contributed by atoms with Crippen LogP contribution in [0.3, 0.4) is 0 Å². The number of benzene rings is 1. The van der Waals surface area contributed by atoms with Crippen LogP contribution < -0.4 is 11.1 Å². The van der Waals surface area contributed by atoms with Crippen LogP contribution in [0.25, 0.3) is 0 Å². The molecule has 1 amide bonds. The van der Waals surface area contributed by atoms with Gasteiger partial charge >= 0.3 is 0 Å². The Hall–Kier alpha value is -1.57. The minimum Gasteiger partial charge on any atom is -0.328 e. The Morgan fingerprint density at radius 1 is 1.50 bits per heavy atom. The second kappa shape index (κ2) is 5.38. The number of nitrogens with one attached hydrogen (secondary N) is 1. The molecular weight excluding hydrogens is 250 g/mol. The Labute approximate surface area is 111 Å². The first-order valence-electron chi connectivity index (χ1n) is 5.86. The molecule has 2 atom stereocenters. The lowest BCUT2D eigenvalue weighted by Crippen LogP contribution is -2.23. The van der Waals surface area contributed by atoms with E-state index in [1.165, 1.54) is 0 Å². The average Bonchev–Trinajstić information content (AvgIpc) is 2.78. The third kappa shape index (κ3) is 2.81. The lowest BCUT2D eigenvalue weighted by molar-refractivity contribution is -0.119. The van der Waals surface area contributed by atoms with Crippen LogP contribution in [-0.4, -0.2) is 11.9 Å². The van der Waals surface area contributed by atoms with Crippen LogP contribution in [-0.2, 0) is 4.79 Å². The number of anilines is 1. The van der Waals surface area contributed by atoms with E-state index in [0.717, 1.165) is 19.3 Å². The molecule has 3 N–H and O–H groups in total. The predicted molar refractivity (Wildman–Crippen MR) is 70.1 cm³/mol. The Kier molecular flexibility index (Phi) is 3.85. The van der Waals surface area contributed by atoms with Crippen LogP contribution in [0.5, 0.6) is 0 Å². The van der Waals surface area contributed by atoms with Crippen LogP contribution in [0, 0.1) is 17.2 Å². The molecule has 4 nitrogen and oxygen atoms in total. The molecule has 94 valence electrons. The number of amides is 1. The smallest absolute Gasteiger partial charge is 0.227 e. The van der Waals surface area contributed by atoms with E-state index in [-0.39, 0.29) is 17.9 Å². The van der Waals surface area contributed by atoms with Gasteiger partial charge in [0.15, 0.2) is 0 Å². The van der Waals surface area contributed by atoms with Crippen molar-refractivity contribution < 1.29 is 4.79 Å². The number of nitriles is 1. The van der Waals surface area contributed by atoms with Crippen molar-refractivity contribution in [3.8, 4) is 6.07 Å². The summed E-state index contributed by atoms with van der Waals surface area (Å²) in [5, 5.41) is 12.0. The SMILES string of the molecule is N#Cc1cc(NC(=O)C2CCC(N)C2)ccc1Cl. The summed E-state index contributed by atoms with van der Waals surface area (Å²) in [6, 6.07) is 6.98. The molecule has 0 aromatic heterocycles. The van der Waals surface area contributed by atoms with Crippen molar-refractivity contribution in [3.05, 3.63) is 28.8 Å². The summed E-state index contributed by atoms with van der Waals surface area (Å²) in [7, 11) is 0. The van der Waals surface area contributed by atoms with E-state index < -0.39 is 0 Å². The van der Waals surface area contributed by atoms with Crippen LogP contribution in [0.15, 0.2) is 18.2 Å². The van der Waals surface area contributed by atoms with Gasteiger partial charge in [0.25, 0.3) is 0 Å². The Bertz CT molecular complexity index is 509. The highest BCUT2D eigenvalue weighted by Gasteiger charge is 2.27. The molecule has 1 aliphatic carbocycles. The summed E-state index contributed by atoms with van der Waals surface area (Å²) in [5.74, 6) is -0.0598. The van der Waals surface area contributed by atoms with Gasteiger partial charge in [-0.15, -0.1) is 0 Å². The maximum Gasteiger partial charge on any atom is 0.227 e. The van der Waals surface area contributed by atoms with E-state index in [1.807, 2.05) is 6.07 Å². The summed E-state index contributed by atoms with van der Waals surface area (Å²) in [4.78, 5) is 12.0. The molecule has 1 fully saturated rings. The highest BCUT2D eigenvalue weighted by molar-refractivity contribution is 6.31. The van der Waals surface area contributed by atoms with Crippen molar-refractivity contribution in [2.24, 2.45) is 11.7 Å². The molecule has 2 rings (SSSR count). The van der Waals surface area contributed by atoms with Crippen molar-refractivity contribution in [2.45, 2.75) is 25.3 Å². The van der Waals surface area contributed by atoms with Crippen LogP contribution in [0.2, 0.25) is 5.02 Å². The van der Waals surface area contributed by atoms with Crippen molar-refractivity contribution in [2.75, 3.05) is 5.32 Å². The van der Waals surface area contributed by atoms with Gasteiger partial charge in [0.05, 0.1) is 10.6 Å². The topological polar surface area (TPSA) is 78.9 Å². The first-order valence-corrected chi connectivity index (χ1v) is 6.24. The molecule has 0 saturated heterocycles. The van der Waals surface area contributed by atoms with Crippen molar-refractivity contribution >= 4 is 23.2 Å². The van der Waals surface area contributed by atoms with Crippen LogP contribution in [0.1, 0.15) is 24.8 Å². The molecular formula is C13H14ClN3O. The molecule has 0 aliphatic heterocycles. The summed E-state index contributed by atoms with van der Waals surface area (Å²) in [6.07, 6.45) is 2.44. The largest absolute Gasteiger partial charge is 0.328 e. The highest BCUT2D eigenvalue weighted by atomic mass is 35.5. The summed E-state index contributed by atoms with van der Waals surface area (Å²) >= 11 is 5.83. The lowest BCUT2D eigenvalue weighted by atomic mass is 10.1. The van der Waals surface area contributed by atoms with Gasteiger partial charge in [0.1, 0.15) is 6.07 Å². The van der Waals surface area contributed by atoms with E-state index >= 15 is 0 Å². The monoisotopic (exact) mass is 263 g/mol. The molecule has 1 saturated carbocycles. The van der Waals surface area contributed by atoms with Gasteiger partial charge in [-0.25, -0.2) is 0 Å². The number of carbonyl (C=O) groups is 1. The zero-order chi connectivity index (χ0) is 13.1. The number of carbonyl (C=O) groups excluding carboxylic acids is 1. The minimum atomic E-state index is -0.0332. The zero-order valence-corrected chi connectivity index (χ0v) is 10.6. The first-order chi connectivity index (χ1) is 8.60. The first kappa shape index (κ1) is 12.9. The molecule has 0 radical (unpaired) electrons. The van der Waals surface area contributed by atoms with E-state index in [0.29, 0.717) is 16.3 Å². The average molecular weight is 264 g/mol. The molecule has 2 unspecified atom stereocenters. The molecule has 0 bridgehead atoms. The molecule has 5 heteroatoms. The summed E-state index contributed by atoms with van der Waals surface area (Å²) < 4.78 is 0. The number of hydrogen-bond donors (Lipinski definition) is 2. The fourth-order valence-electron chi connectivity index (χ4n) is 2.19. The number of nitrogens with zero attached hydrogens (tertiary/aromatic N) is 1. The number of halogens is 1. The molecule has 18 heavy (non-hydrogen) atoms. The van der Waals surface area contributed by atoms with Gasteiger partial charge in [-0.05, 0) is 37.5 Å². The second-order valence-corrected chi connectivity index (χ2v) is 4.97. The minimum absolute atomic E-state index is 0.0267. The molecule has 0 heterocycles. The van der Waals surface area contributed by atoms with Crippen molar-refractivity contribution in [1.29, 1.82) is 5.26 Å². The van der Waals surface area contributed by atoms with Crippen LogP contribution >= 0.6 is 11.6 Å². The summed E-state index contributed by atoms with van der Waals surface area (Å²) in [6.45, 7) is 0. The lowest BCUT2D eigenvalue weighted by Gasteiger charge is -2.11. The van der Waals surface area contributed by atoms with E-state index in [9.17, 15) is 4.79 Å². The van der Waals surface area contributed by atoms with E-state index in [2.05, 4.69) is 5.32 Å². The summed E-state index contributed by atoms with van der Waals surface area (Å²) in [5.41, 5.74) is 6.74. The second-order valence-electron chi connectivity index (χ2n) is 4.57. The highest BCUT2D eigenvalue weighted by Crippen LogP contribution is 2.26.